The van der Waals surface area contributed by atoms with E-state index in [1.807, 2.05) is 17.5 Å². The molecule has 1 atom stereocenters. The number of nitrogens with one attached hydrogen (secondary N) is 1. The van der Waals surface area contributed by atoms with Crippen LogP contribution in [0.4, 0.5) is 4.79 Å². The highest BCUT2D eigenvalue weighted by Gasteiger charge is 2.36. The predicted molar refractivity (Wildman–Crippen MR) is 97.8 cm³/mol. The van der Waals surface area contributed by atoms with Crippen molar-refractivity contribution < 1.29 is 18.9 Å². The first kappa shape index (κ1) is 17.0. The van der Waals surface area contributed by atoms with Crippen LogP contribution in [0.25, 0.3) is 10.6 Å². The molecule has 0 fully saturated rings. The molecular weight excluding hydrogens is 370 g/mol. The Bertz CT molecular complexity index is 989. The number of aliphatic imine (C=N–C) groups is 2. The Morgan fingerprint density at radius 2 is 2.26 bits per heavy atom. The summed E-state index contributed by atoms with van der Waals surface area (Å²) in [5, 5.41) is 8.26. The minimum atomic E-state index is -0.686. The number of thiophene rings is 1. The van der Waals surface area contributed by atoms with Crippen LogP contribution >= 0.6 is 11.3 Å². The molecule has 0 aliphatic carbocycles. The minimum Gasteiger partial charge on any atom is -0.355 e. The Balaban J connectivity index is 1.36. The van der Waals surface area contributed by atoms with Crippen molar-refractivity contribution >= 4 is 41.2 Å². The SMILES string of the molecule is O=C(NCCN1C(=O)N=C2N=CC=CC2C1=O)c1cc(-c2cccs2)on1. The number of nitrogens with zero attached hydrogens (tertiary/aromatic N) is 4. The normalized spacial score (nSPS) is 18.4. The lowest BCUT2D eigenvalue weighted by Gasteiger charge is -2.27. The fourth-order valence-corrected chi connectivity index (χ4v) is 3.33. The smallest absolute Gasteiger partial charge is 0.352 e. The van der Waals surface area contributed by atoms with Crippen molar-refractivity contribution in [1.82, 2.24) is 15.4 Å². The van der Waals surface area contributed by atoms with Gasteiger partial charge in [0.2, 0.25) is 5.91 Å². The zero-order valence-electron chi connectivity index (χ0n) is 13.9. The van der Waals surface area contributed by atoms with Crippen molar-refractivity contribution in [1.29, 1.82) is 0 Å². The van der Waals surface area contributed by atoms with Gasteiger partial charge in [0.05, 0.1) is 4.88 Å². The maximum absolute atomic E-state index is 12.4. The zero-order chi connectivity index (χ0) is 18.8. The maximum Gasteiger partial charge on any atom is 0.352 e. The minimum absolute atomic E-state index is 0.00384. The summed E-state index contributed by atoms with van der Waals surface area (Å²) in [6, 6.07) is 4.59. The van der Waals surface area contributed by atoms with Crippen LogP contribution in [0.15, 0.2) is 50.2 Å². The molecule has 2 aliphatic rings. The van der Waals surface area contributed by atoms with Gasteiger partial charge in [0, 0.05) is 25.4 Å². The first-order valence-corrected chi connectivity index (χ1v) is 8.95. The van der Waals surface area contributed by atoms with Gasteiger partial charge in [0.15, 0.2) is 11.5 Å². The van der Waals surface area contributed by atoms with Crippen LogP contribution in [0.5, 0.6) is 0 Å². The first-order valence-electron chi connectivity index (χ1n) is 8.07. The number of amidine groups is 1. The number of carbonyl (C=O) groups is 3. The van der Waals surface area contributed by atoms with Gasteiger partial charge in [0.1, 0.15) is 11.8 Å². The maximum atomic E-state index is 12.4. The van der Waals surface area contributed by atoms with E-state index in [2.05, 4.69) is 20.5 Å². The van der Waals surface area contributed by atoms with E-state index in [1.165, 1.54) is 17.6 Å². The number of amides is 4. The third-order valence-corrected chi connectivity index (χ3v) is 4.86. The van der Waals surface area contributed by atoms with Gasteiger partial charge in [-0.2, -0.15) is 4.99 Å². The van der Waals surface area contributed by atoms with E-state index in [0.29, 0.717) is 5.76 Å². The van der Waals surface area contributed by atoms with Crippen LogP contribution < -0.4 is 5.32 Å². The Kier molecular flexibility index (Phi) is 4.47. The van der Waals surface area contributed by atoms with Crippen LogP contribution in [0.2, 0.25) is 0 Å². The lowest BCUT2D eigenvalue weighted by molar-refractivity contribution is -0.129. The summed E-state index contributed by atoms with van der Waals surface area (Å²) in [5.74, 6) is -0.828. The number of hydrogen-bond acceptors (Lipinski definition) is 7. The number of aromatic nitrogens is 1. The van der Waals surface area contributed by atoms with Gasteiger partial charge in [-0.05, 0) is 17.5 Å². The van der Waals surface area contributed by atoms with Gasteiger partial charge in [-0.25, -0.2) is 9.79 Å². The van der Waals surface area contributed by atoms with Gasteiger partial charge < -0.3 is 9.84 Å². The summed E-state index contributed by atoms with van der Waals surface area (Å²) in [5.41, 5.74) is 0.125. The quantitative estimate of drug-likeness (QED) is 0.844. The zero-order valence-corrected chi connectivity index (χ0v) is 14.7. The van der Waals surface area contributed by atoms with E-state index in [1.54, 1.807) is 18.2 Å². The van der Waals surface area contributed by atoms with Crippen LogP contribution in [0.3, 0.4) is 0 Å². The summed E-state index contributed by atoms with van der Waals surface area (Å²) in [4.78, 5) is 46.2. The average Bonchev–Trinajstić information content (AvgIpc) is 3.35. The predicted octanol–water partition coefficient (Wildman–Crippen LogP) is 1.75. The van der Waals surface area contributed by atoms with E-state index < -0.39 is 23.8 Å². The monoisotopic (exact) mass is 383 g/mol. The second-order valence-electron chi connectivity index (χ2n) is 5.69. The number of dihydropyridines is 1. The highest BCUT2D eigenvalue weighted by atomic mass is 32.1. The number of hydrogen-bond donors (Lipinski definition) is 1. The van der Waals surface area contributed by atoms with Gasteiger partial charge in [-0.15, -0.1) is 11.3 Å². The summed E-state index contributed by atoms with van der Waals surface area (Å²) < 4.78 is 5.16. The highest BCUT2D eigenvalue weighted by Crippen LogP contribution is 2.25. The second-order valence-corrected chi connectivity index (χ2v) is 6.64. The van der Waals surface area contributed by atoms with Crippen molar-refractivity contribution in [3.8, 4) is 10.6 Å². The fraction of sp³-hybridized carbons (Fsp3) is 0.176. The molecule has 0 radical (unpaired) electrons. The Hall–Kier alpha value is -3.40. The van der Waals surface area contributed by atoms with Crippen molar-refractivity contribution in [3.63, 3.8) is 0 Å². The van der Waals surface area contributed by atoms with Gasteiger partial charge >= 0.3 is 6.03 Å². The summed E-state index contributed by atoms with van der Waals surface area (Å²) >= 11 is 1.47. The van der Waals surface area contributed by atoms with Crippen LogP contribution in [-0.2, 0) is 4.79 Å². The molecule has 0 bridgehead atoms. The Morgan fingerprint density at radius 3 is 3.07 bits per heavy atom. The van der Waals surface area contributed by atoms with E-state index in [-0.39, 0.29) is 24.6 Å². The van der Waals surface area contributed by atoms with E-state index in [4.69, 9.17) is 4.52 Å². The van der Waals surface area contributed by atoms with E-state index in [9.17, 15) is 14.4 Å². The topological polar surface area (TPSA) is 117 Å². The Labute approximate surface area is 157 Å². The molecule has 2 aromatic rings. The number of fused-ring (bicyclic) bond motifs is 1. The summed E-state index contributed by atoms with van der Waals surface area (Å²) in [6.45, 7) is 0.0753. The third kappa shape index (κ3) is 3.34. The standard InChI is InChI=1S/C17H13N5O4S/c23-15(11-9-12(26-21-11)13-4-2-8-27-13)19-6-7-22-16(24)10-3-1-5-18-14(10)20-17(22)25/h1-5,8-10H,6-7H2,(H,19,23). The molecule has 10 heteroatoms. The molecule has 27 heavy (non-hydrogen) atoms. The van der Waals surface area contributed by atoms with Gasteiger partial charge in [-0.3, -0.25) is 14.5 Å². The number of allylic oxidation sites excluding steroid dienone is 1. The number of rotatable bonds is 5. The molecule has 4 rings (SSSR count). The molecule has 1 N–H and O–H groups in total. The average molecular weight is 383 g/mol. The number of imide groups is 1. The largest absolute Gasteiger partial charge is 0.355 e. The van der Waals surface area contributed by atoms with Crippen molar-refractivity contribution in [3.05, 3.63) is 41.4 Å². The summed E-state index contributed by atoms with van der Waals surface area (Å²) in [7, 11) is 0. The fourth-order valence-electron chi connectivity index (χ4n) is 2.65. The van der Waals surface area contributed by atoms with Crippen LogP contribution in [-0.4, -0.2) is 53.0 Å². The van der Waals surface area contributed by atoms with Crippen molar-refractivity contribution in [2.75, 3.05) is 13.1 Å². The van der Waals surface area contributed by atoms with Crippen LogP contribution in [0, 0.1) is 5.92 Å². The molecule has 0 saturated carbocycles. The lowest BCUT2D eigenvalue weighted by Crippen LogP contribution is -2.48. The second kappa shape index (κ2) is 7.08. The summed E-state index contributed by atoms with van der Waals surface area (Å²) in [6.07, 6.45) is 4.74. The molecule has 2 aromatic heterocycles. The van der Waals surface area contributed by atoms with E-state index in [0.717, 1.165) is 9.78 Å². The van der Waals surface area contributed by atoms with Crippen molar-refractivity contribution in [2.24, 2.45) is 15.9 Å². The van der Waals surface area contributed by atoms with Crippen molar-refractivity contribution in [2.45, 2.75) is 0 Å². The highest BCUT2D eigenvalue weighted by molar-refractivity contribution is 7.13. The molecule has 0 saturated heterocycles. The molecular formula is C17H13N5O4S. The Morgan fingerprint density at radius 1 is 1.37 bits per heavy atom. The van der Waals surface area contributed by atoms with Crippen LogP contribution in [0.1, 0.15) is 10.5 Å². The molecule has 2 aliphatic heterocycles. The van der Waals surface area contributed by atoms with Gasteiger partial charge in [0.25, 0.3) is 5.91 Å². The first-order chi connectivity index (χ1) is 13.1. The van der Waals surface area contributed by atoms with Gasteiger partial charge in [-0.1, -0.05) is 17.3 Å². The molecule has 0 aromatic carbocycles. The molecule has 136 valence electrons. The number of urea groups is 1. The molecule has 4 heterocycles. The lowest BCUT2D eigenvalue weighted by atomic mass is 10.0. The molecule has 1 unspecified atom stereocenters. The number of carbonyl (C=O) groups excluding carboxylic acids is 3. The molecule has 4 amide bonds. The van der Waals surface area contributed by atoms with E-state index >= 15 is 0 Å². The third-order valence-electron chi connectivity index (χ3n) is 3.98. The molecule has 0 spiro atoms. The molecule has 9 nitrogen and oxygen atoms in total.